The number of alkyl halides is 3. The van der Waals surface area contributed by atoms with Crippen LogP contribution in [0, 0.1) is 5.92 Å². The van der Waals surface area contributed by atoms with Crippen molar-refractivity contribution in [2.24, 2.45) is 5.92 Å². The fourth-order valence-electron chi connectivity index (χ4n) is 3.63. The molecule has 1 aliphatic heterocycles. The summed E-state index contributed by atoms with van der Waals surface area (Å²) in [5.41, 5.74) is -0.524. The molecule has 6 nitrogen and oxygen atoms in total. The molecule has 1 saturated heterocycles. The first-order valence-electron chi connectivity index (χ1n) is 9.09. The van der Waals surface area contributed by atoms with E-state index in [2.05, 4.69) is 15.0 Å². The van der Waals surface area contributed by atoms with Gasteiger partial charge >= 0.3 is 6.18 Å². The molecule has 0 bridgehead atoms. The van der Waals surface area contributed by atoms with Crippen LogP contribution in [-0.4, -0.2) is 64.0 Å². The summed E-state index contributed by atoms with van der Waals surface area (Å²) in [5, 5.41) is 3.82. The first kappa shape index (κ1) is 19.6. The van der Waals surface area contributed by atoms with Gasteiger partial charge < -0.3 is 9.80 Å². The molecule has 0 spiro atoms. The molecule has 1 aliphatic rings. The molecule has 1 atom stereocenters. The molecule has 9 heteroatoms. The van der Waals surface area contributed by atoms with Crippen molar-refractivity contribution >= 4 is 11.6 Å². The van der Waals surface area contributed by atoms with Crippen molar-refractivity contribution in [1.82, 2.24) is 24.4 Å². The molecular weight excluding hydrogens is 359 g/mol. The maximum Gasteiger partial charge on any atom is 0.433 e. The van der Waals surface area contributed by atoms with Gasteiger partial charge in [-0.15, -0.1) is 0 Å². The average molecular weight is 383 g/mol. The van der Waals surface area contributed by atoms with Gasteiger partial charge in [-0.25, -0.2) is 9.50 Å². The van der Waals surface area contributed by atoms with Crippen molar-refractivity contribution in [1.29, 1.82) is 0 Å². The number of hydrogen-bond acceptors (Lipinski definition) is 4. The smallest absolute Gasteiger partial charge is 0.338 e. The van der Waals surface area contributed by atoms with Gasteiger partial charge in [-0.2, -0.15) is 18.3 Å². The van der Waals surface area contributed by atoms with E-state index in [0.717, 1.165) is 30.0 Å². The quantitative estimate of drug-likeness (QED) is 0.815. The first-order valence-corrected chi connectivity index (χ1v) is 9.09. The number of fused-ring (bicyclic) bond motifs is 1. The van der Waals surface area contributed by atoms with Crippen molar-refractivity contribution < 1.29 is 18.0 Å². The summed E-state index contributed by atoms with van der Waals surface area (Å²) < 4.78 is 40.9. The molecule has 1 fully saturated rings. The molecule has 0 aromatic carbocycles. The normalized spacial score (nSPS) is 18.5. The van der Waals surface area contributed by atoms with Crippen molar-refractivity contribution in [3.63, 3.8) is 0 Å². The lowest BCUT2D eigenvalue weighted by molar-refractivity contribution is -0.142. The fourth-order valence-corrected chi connectivity index (χ4v) is 3.63. The van der Waals surface area contributed by atoms with Gasteiger partial charge in [0, 0.05) is 25.3 Å². The summed E-state index contributed by atoms with van der Waals surface area (Å²) in [7, 11) is 3.97. The Labute approximate surface area is 156 Å². The highest BCUT2D eigenvalue weighted by Gasteiger charge is 2.36. The number of carbonyl (C=O) groups excluding carboxylic acids is 1. The summed E-state index contributed by atoms with van der Waals surface area (Å²) >= 11 is 0. The maximum absolute atomic E-state index is 13.4. The number of likely N-dealkylation sites (tertiary alicyclic amines) is 1. The first-order chi connectivity index (χ1) is 12.7. The van der Waals surface area contributed by atoms with Gasteiger partial charge in [-0.3, -0.25) is 4.79 Å². The molecule has 0 saturated carbocycles. The third-order valence-electron chi connectivity index (χ3n) is 4.84. The van der Waals surface area contributed by atoms with Crippen LogP contribution in [0.3, 0.4) is 0 Å². The minimum absolute atomic E-state index is 0.0265. The van der Waals surface area contributed by atoms with Crippen LogP contribution >= 0.6 is 0 Å². The van der Waals surface area contributed by atoms with Gasteiger partial charge in [-0.1, -0.05) is 6.92 Å². The Morgan fingerprint density at radius 1 is 1.37 bits per heavy atom. The minimum atomic E-state index is -4.57. The molecule has 0 N–H and O–H groups in total. The summed E-state index contributed by atoms with van der Waals surface area (Å²) in [5.74, 6) is 0.0479. The Morgan fingerprint density at radius 3 is 2.74 bits per heavy atom. The third-order valence-corrected chi connectivity index (χ3v) is 4.84. The van der Waals surface area contributed by atoms with Crippen LogP contribution in [0.25, 0.3) is 5.65 Å². The van der Waals surface area contributed by atoms with E-state index in [4.69, 9.17) is 0 Å². The minimum Gasteiger partial charge on any atom is -0.338 e. The summed E-state index contributed by atoms with van der Waals surface area (Å²) in [6, 6.07) is 0.988. The van der Waals surface area contributed by atoms with E-state index in [0.29, 0.717) is 25.4 Å². The number of aromatic nitrogens is 3. The molecule has 2 aromatic rings. The molecule has 1 amide bonds. The van der Waals surface area contributed by atoms with Crippen LogP contribution in [0.15, 0.2) is 12.3 Å². The molecular formula is C18H24F3N5O. The van der Waals surface area contributed by atoms with Gasteiger partial charge in [0.1, 0.15) is 11.3 Å². The predicted molar refractivity (Wildman–Crippen MR) is 94.5 cm³/mol. The number of halogens is 3. The van der Waals surface area contributed by atoms with E-state index in [1.807, 2.05) is 14.1 Å². The van der Waals surface area contributed by atoms with Gasteiger partial charge in [0.05, 0.1) is 6.20 Å². The number of piperidine rings is 1. The highest BCUT2D eigenvalue weighted by atomic mass is 19.4. The molecule has 0 radical (unpaired) electrons. The van der Waals surface area contributed by atoms with E-state index in [1.165, 1.54) is 6.20 Å². The van der Waals surface area contributed by atoms with Crippen LogP contribution in [-0.2, 0) is 12.6 Å². The molecule has 2 aromatic heterocycles. The number of carbonyl (C=O) groups is 1. The second kappa shape index (κ2) is 7.46. The lowest BCUT2D eigenvalue weighted by Crippen LogP contribution is -2.42. The number of amides is 1. The van der Waals surface area contributed by atoms with E-state index >= 15 is 0 Å². The van der Waals surface area contributed by atoms with Gasteiger partial charge in [0.15, 0.2) is 5.65 Å². The SMILES string of the molecule is CCc1cc(C(F)(F)F)n2ncc(C(=O)N3CCCC(CN(C)C)C3)c2n1. The molecule has 1 unspecified atom stereocenters. The number of nitrogens with zero attached hydrogens (tertiary/aromatic N) is 5. The lowest BCUT2D eigenvalue weighted by Gasteiger charge is -2.33. The molecule has 148 valence electrons. The van der Waals surface area contributed by atoms with Gasteiger partial charge in [0.25, 0.3) is 5.91 Å². The van der Waals surface area contributed by atoms with Crippen LogP contribution in [0.1, 0.15) is 41.5 Å². The Bertz CT molecular complexity index is 830. The van der Waals surface area contributed by atoms with Crippen molar-refractivity contribution in [3.05, 3.63) is 29.2 Å². The Hall–Kier alpha value is -2.16. The monoisotopic (exact) mass is 383 g/mol. The van der Waals surface area contributed by atoms with Crippen LogP contribution in [0.4, 0.5) is 13.2 Å². The Balaban J connectivity index is 1.96. The summed E-state index contributed by atoms with van der Waals surface area (Å²) in [4.78, 5) is 21.1. The zero-order valence-electron chi connectivity index (χ0n) is 15.8. The van der Waals surface area contributed by atoms with E-state index in [-0.39, 0.29) is 22.8 Å². The van der Waals surface area contributed by atoms with Crippen LogP contribution in [0.2, 0.25) is 0 Å². The molecule has 3 heterocycles. The third kappa shape index (κ3) is 4.07. The van der Waals surface area contributed by atoms with E-state index in [9.17, 15) is 18.0 Å². The number of rotatable bonds is 4. The Morgan fingerprint density at radius 2 is 2.11 bits per heavy atom. The standard InChI is InChI=1S/C18H24F3N5O/c1-4-13-8-15(18(19,20)21)26-16(23-13)14(9-22-26)17(27)25-7-5-6-12(11-25)10-24(2)3/h8-9,12H,4-7,10-11H2,1-3H3. The topological polar surface area (TPSA) is 53.7 Å². The fraction of sp³-hybridized carbons (Fsp3) is 0.611. The molecule has 0 aliphatic carbocycles. The largest absolute Gasteiger partial charge is 0.433 e. The maximum atomic E-state index is 13.4. The summed E-state index contributed by atoms with van der Waals surface area (Å²) in [6.45, 7) is 3.79. The van der Waals surface area contributed by atoms with Crippen LogP contribution in [0.5, 0.6) is 0 Å². The highest BCUT2D eigenvalue weighted by molar-refractivity contribution is 5.99. The Kier molecular flexibility index (Phi) is 5.41. The van der Waals surface area contributed by atoms with Gasteiger partial charge in [0.2, 0.25) is 0 Å². The van der Waals surface area contributed by atoms with E-state index < -0.39 is 11.9 Å². The van der Waals surface area contributed by atoms with Crippen LogP contribution < -0.4 is 0 Å². The van der Waals surface area contributed by atoms with E-state index in [1.54, 1.807) is 11.8 Å². The van der Waals surface area contributed by atoms with Crippen molar-refractivity contribution in [2.75, 3.05) is 33.7 Å². The number of aryl methyl sites for hydroxylation is 1. The average Bonchev–Trinajstić information content (AvgIpc) is 3.02. The number of hydrogen-bond donors (Lipinski definition) is 0. The molecule has 27 heavy (non-hydrogen) atoms. The zero-order chi connectivity index (χ0) is 19.8. The van der Waals surface area contributed by atoms with Gasteiger partial charge in [-0.05, 0) is 45.3 Å². The second-order valence-electron chi connectivity index (χ2n) is 7.30. The molecule has 3 rings (SSSR count). The second-order valence-corrected chi connectivity index (χ2v) is 7.30. The lowest BCUT2D eigenvalue weighted by atomic mass is 9.97. The zero-order valence-corrected chi connectivity index (χ0v) is 15.8. The van der Waals surface area contributed by atoms with Crippen molar-refractivity contribution in [2.45, 2.75) is 32.4 Å². The highest BCUT2D eigenvalue weighted by Crippen LogP contribution is 2.31. The summed E-state index contributed by atoms with van der Waals surface area (Å²) in [6.07, 6.45) is -1.11. The predicted octanol–water partition coefficient (Wildman–Crippen LogP) is 2.72. The van der Waals surface area contributed by atoms with Crippen molar-refractivity contribution in [3.8, 4) is 0 Å².